The van der Waals surface area contributed by atoms with Gasteiger partial charge in [-0.1, -0.05) is 0 Å². The highest BCUT2D eigenvalue weighted by molar-refractivity contribution is 7.14. The first-order valence-electron chi connectivity index (χ1n) is 9.10. The first kappa shape index (κ1) is 19.0. The van der Waals surface area contributed by atoms with Gasteiger partial charge in [-0.25, -0.2) is 9.98 Å². The second-order valence-electron chi connectivity index (χ2n) is 6.57. The molecule has 3 heterocycles. The van der Waals surface area contributed by atoms with Gasteiger partial charge in [-0.2, -0.15) is 0 Å². The molecule has 6 nitrogen and oxygen atoms in total. The molecule has 0 unspecified atom stereocenters. The second-order valence-corrected chi connectivity index (χ2v) is 8.33. The first-order chi connectivity index (χ1) is 12.7. The summed E-state index contributed by atoms with van der Waals surface area (Å²) >= 11 is 3.48. The Morgan fingerprint density at radius 2 is 2.15 bits per heavy atom. The molecule has 1 saturated heterocycles. The zero-order chi connectivity index (χ0) is 18.4. The van der Waals surface area contributed by atoms with Crippen LogP contribution in [-0.2, 0) is 6.54 Å². The van der Waals surface area contributed by atoms with E-state index in [1.807, 2.05) is 30.3 Å². The number of aliphatic imine (C=N–C) groups is 1. The summed E-state index contributed by atoms with van der Waals surface area (Å²) in [5.41, 5.74) is 1.02. The van der Waals surface area contributed by atoms with Crippen LogP contribution in [0.15, 0.2) is 27.9 Å². The molecule has 1 aliphatic heterocycles. The van der Waals surface area contributed by atoms with Crippen molar-refractivity contribution in [2.45, 2.75) is 32.4 Å². The van der Waals surface area contributed by atoms with Crippen molar-refractivity contribution in [3.05, 3.63) is 28.6 Å². The van der Waals surface area contributed by atoms with Gasteiger partial charge in [-0.05, 0) is 37.3 Å². The number of piperidine rings is 1. The molecule has 0 atom stereocenters. The molecule has 1 fully saturated rings. The number of nitrogens with one attached hydrogen (secondary N) is 2. The lowest BCUT2D eigenvalue weighted by molar-refractivity contribution is 0.463. The highest BCUT2D eigenvalue weighted by Crippen LogP contribution is 2.24. The molecule has 0 bridgehead atoms. The van der Waals surface area contributed by atoms with Gasteiger partial charge in [0.15, 0.2) is 11.1 Å². The van der Waals surface area contributed by atoms with Gasteiger partial charge in [-0.15, -0.1) is 22.7 Å². The molecule has 0 radical (unpaired) electrons. The third-order valence-electron chi connectivity index (χ3n) is 4.32. The molecule has 142 valence electrons. The number of anilines is 2. The number of hydrogen-bond donors (Lipinski definition) is 2. The van der Waals surface area contributed by atoms with E-state index < -0.39 is 0 Å². The van der Waals surface area contributed by atoms with Crippen molar-refractivity contribution in [3.63, 3.8) is 0 Å². The molecule has 2 aromatic heterocycles. The molecule has 0 aliphatic carbocycles. The smallest absolute Gasteiger partial charge is 0.191 e. The van der Waals surface area contributed by atoms with Crippen LogP contribution >= 0.6 is 22.7 Å². The topological polar surface area (TPSA) is 55.8 Å². The fourth-order valence-electron chi connectivity index (χ4n) is 2.94. The van der Waals surface area contributed by atoms with Gasteiger partial charge < -0.3 is 20.4 Å². The Balaban J connectivity index is 1.53. The number of thiophene rings is 1. The Hall–Kier alpha value is -1.80. The van der Waals surface area contributed by atoms with E-state index in [4.69, 9.17) is 4.99 Å². The van der Waals surface area contributed by atoms with Gasteiger partial charge in [0.05, 0.1) is 17.2 Å². The molecule has 0 saturated carbocycles. The third kappa shape index (κ3) is 5.11. The molecule has 2 aromatic rings. The van der Waals surface area contributed by atoms with Crippen LogP contribution in [0.3, 0.4) is 0 Å². The van der Waals surface area contributed by atoms with Crippen LogP contribution in [0.2, 0.25) is 0 Å². The minimum absolute atomic E-state index is 0.469. The third-order valence-corrected chi connectivity index (χ3v) is 6.31. The summed E-state index contributed by atoms with van der Waals surface area (Å²) < 4.78 is 0. The molecule has 0 spiro atoms. The molecule has 0 aromatic carbocycles. The van der Waals surface area contributed by atoms with E-state index >= 15 is 0 Å². The summed E-state index contributed by atoms with van der Waals surface area (Å²) in [5, 5.41) is 13.6. The normalized spacial score (nSPS) is 16.0. The summed E-state index contributed by atoms with van der Waals surface area (Å²) in [4.78, 5) is 13.8. The predicted octanol–water partition coefficient (Wildman–Crippen LogP) is 2.99. The van der Waals surface area contributed by atoms with Crippen molar-refractivity contribution >= 4 is 38.8 Å². The Kier molecular flexibility index (Phi) is 6.73. The maximum Gasteiger partial charge on any atom is 0.191 e. The van der Waals surface area contributed by atoms with Crippen molar-refractivity contribution in [2.75, 3.05) is 43.5 Å². The van der Waals surface area contributed by atoms with Crippen LogP contribution < -0.4 is 20.4 Å². The fraction of sp³-hybridized carbons (Fsp3) is 0.556. The molecular weight excluding hydrogens is 364 g/mol. The van der Waals surface area contributed by atoms with Crippen molar-refractivity contribution in [2.24, 2.45) is 4.99 Å². The van der Waals surface area contributed by atoms with Crippen molar-refractivity contribution in [1.82, 2.24) is 15.6 Å². The van der Waals surface area contributed by atoms with E-state index in [0.717, 1.165) is 49.3 Å². The fourth-order valence-corrected chi connectivity index (χ4v) is 4.48. The van der Waals surface area contributed by atoms with Crippen LogP contribution in [0, 0.1) is 0 Å². The minimum atomic E-state index is 0.469. The molecule has 2 N–H and O–H groups in total. The van der Waals surface area contributed by atoms with Gasteiger partial charge in [0, 0.05) is 45.2 Å². The zero-order valence-electron chi connectivity index (χ0n) is 15.7. The second kappa shape index (κ2) is 9.23. The average Bonchev–Trinajstić information content (AvgIpc) is 3.32. The molecule has 8 heteroatoms. The summed E-state index contributed by atoms with van der Waals surface area (Å²) in [6.45, 7) is 5.75. The SMILES string of the molecule is CCNC(=NCc1csc(N(C)C)n1)NC1CCN(c2cccs2)CC1. The number of rotatable bonds is 6. The van der Waals surface area contributed by atoms with E-state index in [1.54, 1.807) is 11.3 Å². The highest BCUT2D eigenvalue weighted by Gasteiger charge is 2.20. The lowest BCUT2D eigenvalue weighted by atomic mass is 10.1. The van der Waals surface area contributed by atoms with Crippen LogP contribution in [0.4, 0.5) is 10.1 Å². The predicted molar refractivity (Wildman–Crippen MR) is 114 cm³/mol. The minimum Gasteiger partial charge on any atom is -0.363 e. The summed E-state index contributed by atoms with van der Waals surface area (Å²) in [7, 11) is 4.03. The van der Waals surface area contributed by atoms with E-state index in [-0.39, 0.29) is 0 Å². The standard InChI is InChI=1S/C18H28N6S2/c1-4-19-17(20-12-15-13-26-18(22-15)23(2)3)21-14-7-9-24(10-8-14)16-6-5-11-25-16/h5-6,11,13-14H,4,7-10,12H2,1-3H3,(H2,19,20,21). The van der Waals surface area contributed by atoms with Gasteiger partial charge in [0.2, 0.25) is 0 Å². The molecule has 1 aliphatic rings. The summed E-state index contributed by atoms with van der Waals surface area (Å²) in [5.74, 6) is 0.890. The Labute approximate surface area is 164 Å². The Morgan fingerprint density at radius 3 is 2.77 bits per heavy atom. The largest absolute Gasteiger partial charge is 0.363 e. The summed E-state index contributed by atoms with van der Waals surface area (Å²) in [6, 6.07) is 4.80. The maximum absolute atomic E-state index is 4.73. The average molecular weight is 393 g/mol. The molecular formula is C18H28N6S2. The highest BCUT2D eigenvalue weighted by atomic mass is 32.1. The van der Waals surface area contributed by atoms with E-state index in [2.05, 4.69) is 50.3 Å². The van der Waals surface area contributed by atoms with Gasteiger partial charge >= 0.3 is 0 Å². The zero-order valence-corrected chi connectivity index (χ0v) is 17.4. The Morgan fingerprint density at radius 1 is 1.35 bits per heavy atom. The van der Waals surface area contributed by atoms with Crippen LogP contribution in [-0.4, -0.2) is 50.7 Å². The number of thiazole rings is 1. The van der Waals surface area contributed by atoms with Crippen LogP contribution in [0.5, 0.6) is 0 Å². The quantitative estimate of drug-likeness (QED) is 0.585. The number of nitrogens with zero attached hydrogens (tertiary/aromatic N) is 4. The molecule has 3 rings (SSSR count). The monoisotopic (exact) mass is 392 g/mol. The van der Waals surface area contributed by atoms with Gasteiger partial charge in [-0.3, -0.25) is 0 Å². The van der Waals surface area contributed by atoms with Gasteiger partial charge in [0.1, 0.15) is 0 Å². The number of hydrogen-bond acceptors (Lipinski definition) is 6. The van der Waals surface area contributed by atoms with Crippen LogP contribution in [0.25, 0.3) is 0 Å². The maximum atomic E-state index is 4.73. The van der Waals surface area contributed by atoms with Crippen molar-refractivity contribution in [3.8, 4) is 0 Å². The number of guanidine groups is 1. The van der Waals surface area contributed by atoms with Crippen molar-refractivity contribution < 1.29 is 0 Å². The van der Waals surface area contributed by atoms with Gasteiger partial charge in [0.25, 0.3) is 0 Å². The Bertz CT molecular complexity index is 686. The number of aromatic nitrogens is 1. The molecule has 0 amide bonds. The first-order valence-corrected chi connectivity index (χ1v) is 10.9. The van der Waals surface area contributed by atoms with E-state index in [1.165, 1.54) is 5.00 Å². The molecule has 26 heavy (non-hydrogen) atoms. The van der Waals surface area contributed by atoms with Crippen LogP contribution in [0.1, 0.15) is 25.5 Å². The lowest BCUT2D eigenvalue weighted by Gasteiger charge is -2.33. The van der Waals surface area contributed by atoms with Crippen molar-refractivity contribution in [1.29, 1.82) is 0 Å². The lowest BCUT2D eigenvalue weighted by Crippen LogP contribution is -2.48. The van der Waals surface area contributed by atoms with E-state index in [0.29, 0.717) is 12.6 Å². The summed E-state index contributed by atoms with van der Waals surface area (Å²) in [6.07, 6.45) is 2.26. The van der Waals surface area contributed by atoms with E-state index in [9.17, 15) is 0 Å².